The van der Waals surface area contributed by atoms with E-state index in [1.807, 2.05) is 24.3 Å². The highest BCUT2D eigenvalue weighted by Gasteiger charge is 2.28. The van der Waals surface area contributed by atoms with E-state index >= 15 is 0 Å². The number of hydrogen-bond acceptors (Lipinski definition) is 2. The monoisotopic (exact) mass is 294 g/mol. The third-order valence-electron chi connectivity index (χ3n) is 3.33. The summed E-state index contributed by atoms with van der Waals surface area (Å²) in [5.41, 5.74) is 1.96. The van der Waals surface area contributed by atoms with Crippen LogP contribution in [0.3, 0.4) is 0 Å². The van der Waals surface area contributed by atoms with Crippen LogP contribution in [0.15, 0.2) is 71.8 Å². The molecule has 3 heteroatoms. The van der Waals surface area contributed by atoms with Crippen molar-refractivity contribution < 1.29 is 9.59 Å². The van der Waals surface area contributed by atoms with Crippen LogP contribution in [0.4, 0.5) is 0 Å². The van der Waals surface area contributed by atoms with Crippen LogP contribution in [-0.2, 0) is 9.59 Å². The molecule has 21 heavy (non-hydrogen) atoms. The second-order valence-corrected chi connectivity index (χ2v) is 5.05. The third kappa shape index (κ3) is 2.46. The fraction of sp³-hybridized carbons (Fsp3) is 0. The van der Waals surface area contributed by atoms with Crippen molar-refractivity contribution in [1.82, 2.24) is 0 Å². The maximum Gasteiger partial charge on any atom is 0.205 e. The molecule has 0 saturated heterocycles. The van der Waals surface area contributed by atoms with Crippen LogP contribution in [0.1, 0.15) is 11.1 Å². The van der Waals surface area contributed by atoms with Crippen LogP contribution in [0, 0.1) is 0 Å². The second kappa shape index (κ2) is 5.51. The highest BCUT2D eigenvalue weighted by molar-refractivity contribution is 6.60. The Hall–Kier alpha value is -2.45. The Morgan fingerprint density at radius 1 is 0.714 bits per heavy atom. The highest BCUT2D eigenvalue weighted by atomic mass is 35.5. The van der Waals surface area contributed by atoms with Crippen LogP contribution >= 0.6 is 11.6 Å². The fourth-order valence-corrected chi connectivity index (χ4v) is 2.62. The van der Waals surface area contributed by atoms with Crippen molar-refractivity contribution in [2.24, 2.45) is 0 Å². The molecule has 0 atom stereocenters. The van der Waals surface area contributed by atoms with Crippen molar-refractivity contribution in [2.75, 3.05) is 0 Å². The van der Waals surface area contributed by atoms with Crippen LogP contribution in [-0.4, -0.2) is 11.6 Å². The van der Waals surface area contributed by atoms with E-state index in [0.717, 1.165) is 0 Å². The summed E-state index contributed by atoms with van der Waals surface area (Å²) in [5, 5.41) is -0.0208. The Kier molecular flexibility index (Phi) is 3.55. The standard InChI is InChI=1S/C18H11ClO2/c19-17-16(13-9-5-2-6-10-13)15(20)11-14(18(17)21)12-7-3-1-4-8-12/h1-11H. The first kappa shape index (κ1) is 13.5. The molecule has 0 radical (unpaired) electrons. The van der Waals surface area contributed by atoms with E-state index in [0.29, 0.717) is 16.7 Å². The average molecular weight is 295 g/mol. The van der Waals surface area contributed by atoms with E-state index in [9.17, 15) is 9.59 Å². The molecule has 0 amide bonds. The minimum absolute atomic E-state index is 0.0208. The molecule has 0 unspecified atom stereocenters. The van der Waals surface area contributed by atoms with Gasteiger partial charge in [0.25, 0.3) is 0 Å². The van der Waals surface area contributed by atoms with E-state index in [2.05, 4.69) is 0 Å². The van der Waals surface area contributed by atoms with Crippen molar-refractivity contribution in [2.45, 2.75) is 0 Å². The summed E-state index contributed by atoms with van der Waals surface area (Å²) in [4.78, 5) is 24.8. The first-order valence-electron chi connectivity index (χ1n) is 6.50. The van der Waals surface area contributed by atoms with Gasteiger partial charge in [-0.25, -0.2) is 0 Å². The number of carbonyl (C=O) groups excluding carboxylic acids is 2. The zero-order valence-electron chi connectivity index (χ0n) is 11.0. The van der Waals surface area contributed by atoms with Gasteiger partial charge in [-0.3, -0.25) is 9.59 Å². The van der Waals surface area contributed by atoms with Gasteiger partial charge in [-0.15, -0.1) is 0 Å². The van der Waals surface area contributed by atoms with Crippen molar-refractivity contribution in [3.05, 3.63) is 82.9 Å². The quantitative estimate of drug-likeness (QED) is 0.788. The molecule has 0 saturated carbocycles. The summed E-state index contributed by atoms with van der Waals surface area (Å²) >= 11 is 6.18. The van der Waals surface area contributed by atoms with Crippen molar-refractivity contribution in [1.29, 1.82) is 0 Å². The van der Waals surface area contributed by atoms with E-state index in [-0.39, 0.29) is 22.2 Å². The van der Waals surface area contributed by atoms with E-state index in [4.69, 9.17) is 11.6 Å². The lowest BCUT2D eigenvalue weighted by atomic mass is 9.89. The van der Waals surface area contributed by atoms with Crippen LogP contribution < -0.4 is 0 Å². The van der Waals surface area contributed by atoms with Gasteiger partial charge in [0.1, 0.15) is 5.03 Å². The summed E-state index contributed by atoms with van der Waals surface area (Å²) < 4.78 is 0. The normalized spacial score (nSPS) is 15.2. The molecule has 3 rings (SSSR count). The van der Waals surface area contributed by atoms with Gasteiger partial charge in [0.15, 0.2) is 5.78 Å². The summed E-state index contributed by atoms with van der Waals surface area (Å²) in [6.45, 7) is 0. The Morgan fingerprint density at radius 3 is 1.81 bits per heavy atom. The predicted molar refractivity (Wildman–Crippen MR) is 83.6 cm³/mol. The highest BCUT2D eigenvalue weighted by Crippen LogP contribution is 2.33. The maximum atomic E-state index is 12.4. The van der Waals surface area contributed by atoms with E-state index in [1.54, 1.807) is 36.4 Å². The van der Waals surface area contributed by atoms with Gasteiger partial charge in [0.05, 0.1) is 5.57 Å². The lowest BCUT2D eigenvalue weighted by Gasteiger charge is -2.15. The topological polar surface area (TPSA) is 34.1 Å². The fourth-order valence-electron chi connectivity index (χ4n) is 2.31. The largest absolute Gasteiger partial charge is 0.289 e. The Morgan fingerprint density at radius 2 is 1.24 bits per heavy atom. The molecule has 0 aliphatic heterocycles. The predicted octanol–water partition coefficient (Wildman–Crippen LogP) is 3.87. The summed E-state index contributed by atoms with van der Waals surface area (Å²) in [7, 11) is 0. The zero-order valence-corrected chi connectivity index (χ0v) is 11.8. The molecule has 2 aromatic rings. The summed E-state index contributed by atoms with van der Waals surface area (Å²) in [6.07, 6.45) is 1.37. The lowest BCUT2D eigenvalue weighted by molar-refractivity contribution is -0.112. The van der Waals surface area contributed by atoms with Crippen LogP contribution in [0.5, 0.6) is 0 Å². The molecule has 0 heterocycles. The minimum Gasteiger partial charge on any atom is -0.289 e. The van der Waals surface area contributed by atoms with Gasteiger partial charge in [-0.05, 0) is 17.2 Å². The SMILES string of the molecule is O=C1C=C(c2ccccc2)C(=O)C(Cl)=C1c1ccccc1. The second-order valence-electron chi connectivity index (χ2n) is 4.67. The minimum atomic E-state index is -0.318. The Labute approximate surface area is 127 Å². The number of Topliss-reactive ketones (excluding diaryl/α,β-unsaturated/α-hetero) is 1. The molecule has 1 aliphatic rings. The average Bonchev–Trinajstić information content (AvgIpc) is 2.53. The van der Waals surface area contributed by atoms with Gasteiger partial charge in [0.2, 0.25) is 5.78 Å². The smallest absolute Gasteiger partial charge is 0.205 e. The number of ketones is 2. The number of benzene rings is 2. The molecule has 2 aromatic carbocycles. The molecule has 2 nitrogen and oxygen atoms in total. The van der Waals surface area contributed by atoms with Crippen molar-refractivity contribution in [3.63, 3.8) is 0 Å². The zero-order chi connectivity index (χ0) is 14.8. The Bertz CT molecular complexity index is 771. The lowest BCUT2D eigenvalue weighted by Crippen LogP contribution is -2.15. The van der Waals surface area contributed by atoms with E-state index < -0.39 is 0 Å². The first-order valence-corrected chi connectivity index (χ1v) is 6.87. The van der Waals surface area contributed by atoms with Crippen molar-refractivity contribution in [3.8, 4) is 0 Å². The molecule has 0 spiro atoms. The molecule has 0 bridgehead atoms. The van der Waals surface area contributed by atoms with Crippen LogP contribution in [0.2, 0.25) is 0 Å². The van der Waals surface area contributed by atoms with Crippen LogP contribution in [0.25, 0.3) is 11.1 Å². The number of halogens is 1. The molecular weight excluding hydrogens is 284 g/mol. The summed E-state index contributed by atoms with van der Waals surface area (Å²) in [5.74, 6) is -0.564. The molecule has 0 N–H and O–H groups in total. The molecule has 102 valence electrons. The van der Waals surface area contributed by atoms with Gasteiger partial charge in [-0.1, -0.05) is 72.3 Å². The molecular formula is C18H11ClO2. The van der Waals surface area contributed by atoms with Gasteiger partial charge >= 0.3 is 0 Å². The molecule has 0 aromatic heterocycles. The summed E-state index contributed by atoms with van der Waals surface area (Å²) in [6, 6.07) is 18.1. The van der Waals surface area contributed by atoms with Gasteiger partial charge < -0.3 is 0 Å². The maximum absolute atomic E-state index is 12.4. The third-order valence-corrected chi connectivity index (χ3v) is 3.69. The number of carbonyl (C=O) groups is 2. The van der Waals surface area contributed by atoms with Gasteiger partial charge in [0, 0.05) is 5.57 Å². The molecule has 0 fully saturated rings. The number of rotatable bonds is 2. The number of allylic oxidation sites excluding steroid dienone is 4. The van der Waals surface area contributed by atoms with E-state index in [1.165, 1.54) is 6.08 Å². The molecule has 1 aliphatic carbocycles. The number of hydrogen-bond donors (Lipinski definition) is 0. The first-order chi connectivity index (χ1) is 10.2. The Balaban J connectivity index is 2.08. The van der Waals surface area contributed by atoms with Gasteiger partial charge in [-0.2, -0.15) is 0 Å². The van der Waals surface area contributed by atoms with Crippen molar-refractivity contribution >= 4 is 34.3 Å².